The Balaban J connectivity index is 0.684. The molecule has 3 aliphatic heterocycles. The third-order valence-electron chi connectivity index (χ3n) is 11.6. The van der Waals surface area contributed by atoms with Crippen LogP contribution in [0.25, 0.3) is 11.2 Å². The zero-order valence-corrected chi connectivity index (χ0v) is 34.6. The first-order chi connectivity index (χ1) is 30.5. The average Bonchev–Trinajstić information content (AvgIpc) is 3.80. The smallest absolute Gasteiger partial charge is 0.270 e. The molecule has 0 spiro atoms. The molecular formula is C42H48N12O9. The number of carbonyl (C=O) groups excluding carboxylic acids is 7. The molecule has 0 unspecified atom stereocenters. The molecule has 2 saturated heterocycles. The maximum absolute atomic E-state index is 13.2. The van der Waals surface area contributed by atoms with E-state index >= 15 is 0 Å². The first-order valence-corrected chi connectivity index (χ1v) is 21.0. The number of imidazole rings is 1. The van der Waals surface area contributed by atoms with Crippen LogP contribution in [0.15, 0.2) is 49.1 Å². The number of rotatable bonds is 17. The second-order valence-corrected chi connectivity index (χ2v) is 15.8. The van der Waals surface area contributed by atoms with Gasteiger partial charge in [-0.15, -0.1) is 0 Å². The predicted molar refractivity (Wildman–Crippen MR) is 223 cm³/mol. The van der Waals surface area contributed by atoms with Crippen LogP contribution in [-0.2, 0) is 28.7 Å². The van der Waals surface area contributed by atoms with Gasteiger partial charge in [-0.3, -0.25) is 43.8 Å². The number of benzene rings is 1. The highest BCUT2D eigenvalue weighted by molar-refractivity contribution is 6.25. The Bertz CT molecular complexity index is 2430. The number of fused-ring (bicyclic) bond motifs is 2. The fourth-order valence-corrected chi connectivity index (χ4v) is 8.19. The topological polar surface area (TPSA) is 261 Å². The first kappa shape index (κ1) is 42.8. The van der Waals surface area contributed by atoms with Crippen LogP contribution in [0.3, 0.4) is 0 Å². The highest BCUT2D eigenvalue weighted by Crippen LogP contribution is 2.36. The molecule has 1 atom stereocenters. The number of carbonyl (C=O) groups is 7. The Kier molecular flexibility index (Phi) is 12.9. The van der Waals surface area contributed by atoms with E-state index in [1.54, 1.807) is 29.4 Å². The van der Waals surface area contributed by atoms with E-state index in [0.717, 1.165) is 41.9 Å². The van der Waals surface area contributed by atoms with Gasteiger partial charge in [0.25, 0.3) is 17.7 Å². The Morgan fingerprint density at radius 2 is 1.68 bits per heavy atom. The van der Waals surface area contributed by atoms with Gasteiger partial charge in [-0.25, -0.2) is 19.9 Å². The van der Waals surface area contributed by atoms with E-state index in [1.165, 1.54) is 12.4 Å². The van der Waals surface area contributed by atoms with Crippen molar-refractivity contribution in [1.82, 2.24) is 50.3 Å². The molecule has 1 aromatic carbocycles. The third kappa shape index (κ3) is 9.63. The lowest BCUT2D eigenvalue weighted by Gasteiger charge is -2.36. The summed E-state index contributed by atoms with van der Waals surface area (Å²) in [5.74, 6) is -2.49. The molecule has 4 aromatic rings. The fourth-order valence-electron chi connectivity index (χ4n) is 8.19. The number of imide groups is 2. The summed E-state index contributed by atoms with van der Waals surface area (Å²) in [6, 6.07) is 9.19. The molecular weight excluding hydrogens is 817 g/mol. The van der Waals surface area contributed by atoms with Crippen molar-refractivity contribution in [1.29, 1.82) is 0 Å². The van der Waals surface area contributed by atoms with E-state index in [4.69, 9.17) is 9.47 Å². The van der Waals surface area contributed by atoms with E-state index in [1.807, 2.05) is 23.6 Å². The summed E-state index contributed by atoms with van der Waals surface area (Å²) in [5, 5.41) is 14.3. The zero-order valence-electron chi connectivity index (χ0n) is 34.6. The summed E-state index contributed by atoms with van der Waals surface area (Å²) in [7, 11) is 0. The maximum Gasteiger partial charge on any atom is 0.270 e. The van der Waals surface area contributed by atoms with E-state index in [2.05, 4.69) is 46.5 Å². The molecule has 0 radical (unpaired) electrons. The molecule has 330 valence electrons. The van der Waals surface area contributed by atoms with Gasteiger partial charge in [-0.05, 0) is 63.3 Å². The quantitative estimate of drug-likeness (QED) is 0.0724. The first-order valence-electron chi connectivity index (χ1n) is 21.0. The van der Waals surface area contributed by atoms with Gasteiger partial charge in [-0.1, -0.05) is 12.1 Å². The highest BCUT2D eigenvalue weighted by atomic mass is 16.5. The van der Waals surface area contributed by atoms with E-state index < -0.39 is 29.7 Å². The average molecular weight is 865 g/mol. The number of hydrogen-bond acceptors (Lipinski definition) is 15. The molecule has 7 amide bonds. The number of ether oxygens (including phenoxy) is 2. The Labute approximate surface area is 361 Å². The number of amides is 7. The second kappa shape index (κ2) is 19.0. The van der Waals surface area contributed by atoms with E-state index in [-0.39, 0.29) is 105 Å². The lowest BCUT2D eigenvalue weighted by Crippen LogP contribution is -2.54. The summed E-state index contributed by atoms with van der Waals surface area (Å²) >= 11 is 0. The molecule has 1 aliphatic carbocycles. The Morgan fingerprint density at radius 1 is 0.889 bits per heavy atom. The number of nitrogens with one attached hydrogen (secondary N) is 5. The molecule has 3 aromatic heterocycles. The van der Waals surface area contributed by atoms with Gasteiger partial charge in [0.15, 0.2) is 11.5 Å². The molecule has 63 heavy (non-hydrogen) atoms. The van der Waals surface area contributed by atoms with Crippen molar-refractivity contribution >= 4 is 64.0 Å². The SMILES string of the molecule is Cc1cccc(C(=O)NC2CC(n3cnc4c(NC5CCN(C(=O)COCCOCCNC(=O)CNc6cccc7c6C(=O)N([C@H]6CCC(=O)NC6=O)C7=O)CC5)ncnc43)C2)n1. The van der Waals surface area contributed by atoms with Gasteiger partial charge < -0.3 is 40.2 Å². The molecule has 0 bridgehead atoms. The van der Waals surface area contributed by atoms with Crippen molar-refractivity contribution < 1.29 is 43.0 Å². The number of pyridine rings is 1. The number of aromatic nitrogens is 5. The normalized spacial score (nSPS) is 20.0. The lowest BCUT2D eigenvalue weighted by molar-refractivity contribution is -0.138. The van der Waals surface area contributed by atoms with Gasteiger partial charge in [0, 0.05) is 55.6 Å². The van der Waals surface area contributed by atoms with Gasteiger partial charge in [0.05, 0.1) is 43.8 Å². The molecule has 4 aliphatic rings. The van der Waals surface area contributed by atoms with Crippen LogP contribution in [0.5, 0.6) is 0 Å². The lowest BCUT2D eigenvalue weighted by atomic mass is 9.86. The van der Waals surface area contributed by atoms with Crippen LogP contribution in [-0.4, -0.2) is 146 Å². The summed E-state index contributed by atoms with van der Waals surface area (Å²) in [5.41, 5.74) is 3.05. The number of aryl methyl sites for hydroxylation is 1. The zero-order chi connectivity index (χ0) is 44.0. The minimum atomic E-state index is -1.09. The molecule has 21 nitrogen and oxygen atoms in total. The minimum Gasteiger partial charge on any atom is -0.377 e. The molecule has 8 rings (SSSR count). The molecule has 1 saturated carbocycles. The standard InChI is InChI=1S/C42H48N12O9/c1-24-4-2-7-30(48-24)39(58)50-26-18-27(19-26)53-23-47-36-37(45-22-46-38(36)53)49-25-10-13-52(14-11-25)34(57)21-63-17-16-62-15-12-43-33(56)20-44-29-6-3-5-28-35(29)42(61)54(41(28)60)31-8-9-32(55)51-40(31)59/h2-7,22-23,25-27,31,44H,8-21H2,1H3,(H,43,56)(H,50,58)(H,45,46,49)(H,51,55,59)/t26?,27?,31-/m0/s1. The Morgan fingerprint density at radius 3 is 2.48 bits per heavy atom. The second-order valence-electron chi connectivity index (χ2n) is 15.8. The largest absolute Gasteiger partial charge is 0.377 e. The molecule has 3 fully saturated rings. The van der Waals surface area contributed by atoms with Crippen molar-refractivity contribution in [2.24, 2.45) is 0 Å². The van der Waals surface area contributed by atoms with Crippen LogP contribution in [0.1, 0.15) is 81.5 Å². The Hall–Kier alpha value is -6.87. The molecule has 5 N–H and O–H groups in total. The highest BCUT2D eigenvalue weighted by Gasteiger charge is 2.45. The fraction of sp³-hybridized carbons (Fsp3) is 0.452. The van der Waals surface area contributed by atoms with Crippen LogP contribution in [0, 0.1) is 6.92 Å². The minimum absolute atomic E-state index is 0.0131. The van der Waals surface area contributed by atoms with E-state index in [9.17, 15) is 33.6 Å². The summed E-state index contributed by atoms with van der Waals surface area (Å²) in [6.07, 6.45) is 6.30. The van der Waals surface area contributed by atoms with Gasteiger partial charge in [-0.2, -0.15) is 0 Å². The van der Waals surface area contributed by atoms with Crippen LogP contribution in [0.4, 0.5) is 11.5 Å². The van der Waals surface area contributed by atoms with Crippen LogP contribution < -0.4 is 26.6 Å². The molecule has 6 heterocycles. The maximum atomic E-state index is 13.2. The van der Waals surface area contributed by atoms with Crippen molar-refractivity contribution in [3.8, 4) is 0 Å². The summed E-state index contributed by atoms with van der Waals surface area (Å²) in [4.78, 5) is 109. The third-order valence-corrected chi connectivity index (χ3v) is 11.6. The van der Waals surface area contributed by atoms with Crippen LogP contribution in [0.2, 0.25) is 0 Å². The van der Waals surface area contributed by atoms with Gasteiger partial charge in [0.2, 0.25) is 23.6 Å². The van der Waals surface area contributed by atoms with Crippen molar-refractivity contribution in [3.05, 3.63) is 71.6 Å². The summed E-state index contributed by atoms with van der Waals surface area (Å²) < 4.78 is 13.1. The summed E-state index contributed by atoms with van der Waals surface area (Å²) in [6.45, 7) is 3.52. The van der Waals surface area contributed by atoms with Crippen LogP contribution >= 0.6 is 0 Å². The number of nitrogens with zero attached hydrogens (tertiary/aromatic N) is 7. The van der Waals surface area contributed by atoms with Crippen molar-refractivity contribution in [3.63, 3.8) is 0 Å². The monoisotopic (exact) mass is 864 g/mol. The molecule has 21 heteroatoms. The van der Waals surface area contributed by atoms with Crippen molar-refractivity contribution in [2.75, 3.05) is 63.2 Å². The number of hydrogen-bond donors (Lipinski definition) is 5. The van der Waals surface area contributed by atoms with Gasteiger partial charge in [0.1, 0.15) is 30.2 Å². The number of likely N-dealkylation sites (tertiary alicyclic amines) is 1. The van der Waals surface area contributed by atoms with E-state index in [0.29, 0.717) is 30.1 Å². The van der Waals surface area contributed by atoms with Gasteiger partial charge >= 0.3 is 0 Å². The predicted octanol–water partition coefficient (Wildman–Crippen LogP) is 0.729. The number of anilines is 2. The van der Waals surface area contributed by atoms with Crippen molar-refractivity contribution in [2.45, 2.75) is 69.6 Å². The number of piperidine rings is 2.